The molecular weight excluding hydrogens is 1210 g/mol. The van der Waals surface area contributed by atoms with Crippen molar-refractivity contribution in [2.24, 2.45) is 16.7 Å². The summed E-state index contributed by atoms with van der Waals surface area (Å²) in [6, 6.07) is 20.8. The first-order valence-electron chi connectivity index (χ1n) is 18.8. The monoisotopic (exact) mass is 1260 g/mol. The topological polar surface area (TPSA) is 209 Å². The number of ketones is 1. The number of halogens is 1. The molecule has 2 saturated carbocycles. The summed E-state index contributed by atoms with van der Waals surface area (Å²) in [5.41, 5.74) is -7.03. The fourth-order valence-electron chi connectivity index (χ4n) is 9.55. The van der Waals surface area contributed by atoms with E-state index in [1.54, 1.807) is 62.4 Å². The summed E-state index contributed by atoms with van der Waals surface area (Å²) >= 11 is 6.12. The minimum absolute atomic E-state index is 0. The molecule has 1 heterocycles. The van der Waals surface area contributed by atoms with E-state index in [-0.39, 0.29) is 123 Å². The van der Waals surface area contributed by atoms with Crippen LogP contribution >= 0.6 is 11.6 Å². The molecule has 3 aromatic carbocycles. The molecule has 2 bridgehead atoms. The number of hydrogen-bond donors (Lipinski definition) is 6. The Morgan fingerprint density at radius 3 is 2.02 bits per heavy atom. The summed E-state index contributed by atoms with van der Waals surface area (Å²) in [6.07, 6.45) is -10.4. The number of Topliss-reactive ketones (excluding diaryl/α,β-unsaturated/α-hetero) is 1. The molecule has 0 spiro atoms. The molecule has 8 unspecified atom stereocenters. The molecule has 3 fully saturated rings. The molecular formula is C43H46Ac2ClNO12. The number of amides is 1. The number of hydrogen-bond acceptors (Lipinski definition) is 12. The van der Waals surface area contributed by atoms with E-state index in [0.29, 0.717) is 10.6 Å². The van der Waals surface area contributed by atoms with Gasteiger partial charge in [0.05, 0.1) is 35.8 Å². The number of carbonyl (C=O) groups excluding carboxylic acids is 4. The van der Waals surface area contributed by atoms with Crippen LogP contribution in [-0.4, -0.2) is 104 Å². The Labute approximate surface area is 418 Å². The molecule has 11 atom stereocenters. The van der Waals surface area contributed by atoms with Gasteiger partial charge in [0.1, 0.15) is 29.5 Å². The third-order valence-corrected chi connectivity index (χ3v) is 13.2. The number of esters is 2. The molecule has 2 radical (unpaired) electrons. The molecule has 3 aromatic rings. The van der Waals surface area contributed by atoms with E-state index in [2.05, 4.69) is 5.32 Å². The average Bonchev–Trinajstić information content (AvgIpc) is 3.19. The van der Waals surface area contributed by atoms with Crippen LogP contribution in [0.15, 0.2) is 96.1 Å². The Morgan fingerprint density at radius 1 is 0.881 bits per heavy atom. The van der Waals surface area contributed by atoms with Crippen molar-refractivity contribution < 1.29 is 147 Å². The summed E-state index contributed by atoms with van der Waals surface area (Å²) in [7, 11) is 0. The van der Waals surface area contributed by atoms with Crippen molar-refractivity contribution in [3.05, 3.63) is 118 Å². The maximum absolute atomic E-state index is 14.7. The minimum atomic E-state index is -2.32. The third kappa shape index (κ3) is 8.24. The first kappa shape index (κ1) is 48.4. The van der Waals surface area contributed by atoms with Gasteiger partial charge in [-0.1, -0.05) is 74.0 Å². The van der Waals surface area contributed by atoms with Gasteiger partial charge in [-0.3, -0.25) is 9.59 Å². The Hall–Kier alpha value is -1.59. The average molecular weight is 1260 g/mol. The normalized spacial score (nSPS) is 32.7. The second-order valence-electron chi connectivity index (χ2n) is 16.4. The minimum Gasteiger partial charge on any atom is -0.456 e. The van der Waals surface area contributed by atoms with Crippen molar-refractivity contribution in [1.29, 1.82) is 0 Å². The van der Waals surface area contributed by atoms with Gasteiger partial charge in [0.25, 0.3) is 5.91 Å². The van der Waals surface area contributed by atoms with Crippen LogP contribution in [0.5, 0.6) is 0 Å². The van der Waals surface area contributed by atoms with Crippen LogP contribution in [0.4, 0.5) is 0 Å². The molecule has 1 amide bonds. The van der Waals surface area contributed by atoms with Crippen molar-refractivity contribution in [3.63, 3.8) is 0 Å². The Kier molecular flexibility index (Phi) is 15.0. The molecule has 16 heteroatoms. The van der Waals surface area contributed by atoms with E-state index >= 15 is 0 Å². The van der Waals surface area contributed by atoms with Crippen LogP contribution in [-0.2, 0) is 23.8 Å². The number of carbonyl (C=O) groups is 4. The second kappa shape index (κ2) is 18.3. The largest absolute Gasteiger partial charge is 0.456 e. The number of fused-ring (bicyclic) bond motifs is 5. The molecule has 308 valence electrons. The molecule has 4 aliphatic rings. The zero-order valence-electron chi connectivity index (χ0n) is 32.9. The predicted octanol–water partition coefficient (Wildman–Crippen LogP) is 3.25. The van der Waals surface area contributed by atoms with Gasteiger partial charge in [-0.25, -0.2) is 9.59 Å². The summed E-state index contributed by atoms with van der Waals surface area (Å²) in [4.78, 5) is 56.1. The molecule has 0 aromatic heterocycles. The van der Waals surface area contributed by atoms with Crippen LogP contribution in [0.1, 0.15) is 72.9 Å². The van der Waals surface area contributed by atoms with Crippen molar-refractivity contribution in [2.75, 3.05) is 6.61 Å². The molecule has 3 aliphatic carbocycles. The van der Waals surface area contributed by atoms with E-state index < -0.39 is 101 Å². The molecule has 7 rings (SSSR count). The molecule has 59 heavy (non-hydrogen) atoms. The molecule has 13 nitrogen and oxygen atoms in total. The van der Waals surface area contributed by atoms with E-state index in [1.807, 2.05) is 0 Å². The van der Waals surface area contributed by atoms with E-state index in [9.17, 15) is 44.7 Å². The van der Waals surface area contributed by atoms with Crippen LogP contribution in [0, 0.1) is 105 Å². The zero-order chi connectivity index (χ0) is 41.2. The summed E-state index contributed by atoms with van der Waals surface area (Å²) in [6.45, 7) is 5.67. The summed E-state index contributed by atoms with van der Waals surface area (Å²) in [5, 5.41) is 64.0. The first-order chi connectivity index (χ1) is 26.9. The standard InChI is InChI=1S/C43H46ClNO12.2Ac/c1-22-27(56-39(52)33(48)31(23-15-17-26(44)18-16-23)45-37(50)24-11-7-5-8-12-24)20-43(54)36(57-38(51)25-13-9-6-10-14-25)34-41(4,28(46)19-29-42(34,53)21-55-29)35(49)32(47)30(22)40(43,2)3;;/h5-18,27-29,31-34,36,46-48,53-54H,19-21H2,1-4H3,(H,45,50);;/t27?,28?,29?,31-,32?,33?,34?,36?,41+,42-,43?;;/m0../s1. The number of ether oxygens (including phenoxy) is 3. The van der Waals surface area contributed by atoms with Crippen molar-refractivity contribution in [3.8, 4) is 0 Å². The quantitative estimate of drug-likeness (QED) is 0.142. The van der Waals surface area contributed by atoms with Gasteiger partial charge in [-0.15, -0.1) is 0 Å². The maximum atomic E-state index is 14.7. The smallest absolute Gasteiger partial charge is 0.338 e. The van der Waals surface area contributed by atoms with Gasteiger partial charge in [0.15, 0.2) is 11.9 Å². The molecule has 1 aliphatic heterocycles. The van der Waals surface area contributed by atoms with Gasteiger partial charge in [0.2, 0.25) is 0 Å². The number of rotatable bonds is 8. The SMILES string of the molecule is CC1=C2C(O)C(=O)[C@]3(C)C(O)CC4OC[C@@]4(O)C3C(OC(=O)c3ccccc3)C(O)(CC1OC(=O)C(O)[C@@H](NC(=O)c1ccccc1)c1ccc(Cl)cc1)C2(C)C.[Ac].[Ac]. The van der Waals surface area contributed by atoms with Gasteiger partial charge >= 0.3 is 11.9 Å². The van der Waals surface area contributed by atoms with Crippen molar-refractivity contribution >= 4 is 35.2 Å². The van der Waals surface area contributed by atoms with Gasteiger partial charge < -0.3 is 45.1 Å². The summed E-state index contributed by atoms with van der Waals surface area (Å²) < 4.78 is 17.9. The number of aliphatic hydroxyl groups is 5. The fraction of sp³-hybridized carbons (Fsp3) is 0.442. The fourth-order valence-corrected chi connectivity index (χ4v) is 9.68. The van der Waals surface area contributed by atoms with Gasteiger partial charge in [-0.2, -0.15) is 0 Å². The van der Waals surface area contributed by atoms with Crippen LogP contribution in [0.3, 0.4) is 0 Å². The van der Waals surface area contributed by atoms with E-state index in [1.165, 1.54) is 50.2 Å². The van der Waals surface area contributed by atoms with E-state index in [4.69, 9.17) is 25.8 Å². The Balaban J connectivity index is 0.00000331. The predicted molar refractivity (Wildman–Crippen MR) is 204 cm³/mol. The van der Waals surface area contributed by atoms with Crippen LogP contribution < -0.4 is 5.32 Å². The zero-order valence-corrected chi connectivity index (χ0v) is 43.2. The molecule has 1 saturated heterocycles. The Bertz CT molecular complexity index is 2110. The van der Waals surface area contributed by atoms with Crippen LogP contribution in [0.25, 0.3) is 0 Å². The van der Waals surface area contributed by atoms with Gasteiger partial charge in [0, 0.05) is 123 Å². The van der Waals surface area contributed by atoms with Crippen LogP contribution in [0.2, 0.25) is 5.02 Å². The van der Waals surface area contributed by atoms with Crippen molar-refractivity contribution in [2.45, 2.75) is 94.4 Å². The second-order valence-corrected chi connectivity index (χ2v) is 16.8. The van der Waals surface area contributed by atoms with E-state index in [0.717, 1.165) is 0 Å². The van der Waals surface area contributed by atoms with Crippen molar-refractivity contribution in [1.82, 2.24) is 5.32 Å². The maximum Gasteiger partial charge on any atom is 0.338 e. The third-order valence-electron chi connectivity index (χ3n) is 13.0. The number of benzene rings is 3. The first-order valence-corrected chi connectivity index (χ1v) is 19.2. The number of nitrogens with one attached hydrogen (secondary N) is 1. The van der Waals surface area contributed by atoms with Gasteiger partial charge in [-0.05, 0) is 67.0 Å². The Morgan fingerprint density at radius 2 is 1.46 bits per heavy atom. The molecule has 6 N–H and O–H groups in total. The number of aliphatic hydroxyl groups excluding tert-OH is 3. The summed E-state index contributed by atoms with van der Waals surface area (Å²) in [5.74, 6) is -5.17.